The first-order valence-electron chi connectivity index (χ1n) is 8.02. The standard InChI is InChI=1S/C18H16F3N3O3/c19-18(20,21)15(25)16(26)24-9-11-6-7-14(8-12(11)10-24)23-17(27)22-13-4-2-1-3-5-13/h1-8,15,25H,9-10H2,(H2,22,23,27). The number of para-hydroxylation sites is 1. The highest BCUT2D eigenvalue weighted by Crippen LogP contribution is 2.29. The highest BCUT2D eigenvalue weighted by Gasteiger charge is 2.46. The number of rotatable bonds is 3. The van der Waals surface area contributed by atoms with Crippen molar-refractivity contribution in [3.63, 3.8) is 0 Å². The van der Waals surface area contributed by atoms with Gasteiger partial charge in [-0.3, -0.25) is 4.79 Å². The minimum Gasteiger partial charge on any atom is -0.376 e. The fourth-order valence-electron chi connectivity index (χ4n) is 2.76. The van der Waals surface area contributed by atoms with Crippen LogP contribution in [0.2, 0.25) is 0 Å². The molecule has 1 heterocycles. The molecule has 9 heteroatoms. The zero-order chi connectivity index (χ0) is 19.6. The fraction of sp³-hybridized carbons (Fsp3) is 0.222. The van der Waals surface area contributed by atoms with Crippen LogP contribution < -0.4 is 10.6 Å². The van der Waals surface area contributed by atoms with Crippen molar-refractivity contribution >= 4 is 23.3 Å². The highest BCUT2D eigenvalue weighted by molar-refractivity contribution is 5.99. The van der Waals surface area contributed by atoms with E-state index in [1.165, 1.54) is 0 Å². The second-order valence-electron chi connectivity index (χ2n) is 6.07. The van der Waals surface area contributed by atoms with Crippen LogP contribution in [0.25, 0.3) is 0 Å². The number of aliphatic hydroxyl groups excluding tert-OH is 1. The largest absolute Gasteiger partial charge is 0.423 e. The smallest absolute Gasteiger partial charge is 0.376 e. The summed E-state index contributed by atoms with van der Waals surface area (Å²) in [5.41, 5.74) is 2.31. The molecule has 3 rings (SSSR count). The maximum Gasteiger partial charge on any atom is 0.423 e. The molecule has 1 aliphatic heterocycles. The number of aliphatic hydroxyl groups is 1. The van der Waals surface area contributed by atoms with Gasteiger partial charge in [-0.2, -0.15) is 13.2 Å². The fourth-order valence-corrected chi connectivity index (χ4v) is 2.76. The molecule has 0 aromatic heterocycles. The Morgan fingerprint density at radius 2 is 1.59 bits per heavy atom. The Hall–Kier alpha value is -3.07. The number of carbonyl (C=O) groups is 2. The van der Waals surface area contributed by atoms with Gasteiger partial charge in [-0.25, -0.2) is 4.79 Å². The van der Waals surface area contributed by atoms with Crippen molar-refractivity contribution in [3.8, 4) is 0 Å². The first-order valence-corrected chi connectivity index (χ1v) is 8.02. The van der Waals surface area contributed by atoms with Crippen LogP contribution in [0.1, 0.15) is 11.1 Å². The van der Waals surface area contributed by atoms with Gasteiger partial charge in [-0.1, -0.05) is 24.3 Å². The summed E-state index contributed by atoms with van der Waals surface area (Å²) in [4.78, 5) is 24.7. The molecular weight excluding hydrogens is 363 g/mol. The number of amides is 3. The Morgan fingerprint density at radius 3 is 2.26 bits per heavy atom. The number of nitrogens with zero attached hydrogens (tertiary/aromatic N) is 1. The van der Waals surface area contributed by atoms with Gasteiger partial charge in [0.15, 0.2) is 0 Å². The molecule has 3 amide bonds. The van der Waals surface area contributed by atoms with Crippen molar-refractivity contribution in [2.75, 3.05) is 10.6 Å². The molecule has 3 N–H and O–H groups in total. The normalized spacial score (nSPS) is 14.4. The number of anilines is 2. The van der Waals surface area contributed by atoms with Crippen LogP contribution in [0.3, 0.4) is 0 Å². The molecule has 2 aromatic rings. The molecule has 142 valence electrons. The maximum atomic E-state index is 12.5. The van der Waals surface area contributed by atoms with Crippen LogP contribution in [0.15, 0.2) is 48.5 Å². The molecule has 0 saturated heterocycles. The predicted molar refractivity (Wildman–Crippen MR) is 91.8 cm³/mol. The minimum absolute atomic E-state index is 0.0300. The quantitative estimate of drug-likeness (QED) is 0.767. The molecule has 0 saturated carbocycles. The van der Waals surface area contributed by atoms with E-state index in [0.717, 1.165) is 4.90 Å². The van der Waals surface area contributed by atoms with Gasteiger partial charge in [0, 0.05) is 24.5 Å². The van der Waals surface area contributed by atoms with Gasteiger partial charge in [-0.15, -0.1) is 0 Å². The zero-order valence-electron chi connectivity index (χ0n) is 14.0. The Morgan fingerprint density at radius 1 is 0.963 bits per heavy atom. The van der Waals surface area contributed by atoms with Crippen molar-refractivity contribution in [1.29, 1.82) is 0 Å². The van der Waals surface area contributed by atoms with Crippen molar-refractivity contribution in [2.45, 2.75) is 25.4 Å². The molecule has 0 radical (unpaired) electrons. The molecule has 2 aromatic carbocycles. The highest BCUT2D eigenvalue weighted by atomic mass is 19.4. The first kappa shape index (κ1) is 18.7. The molecule has 1 atom stereocenters. The van der Waals surface area contributed by atoms with Crippen molar-refractivity contribution in [2.24, 2.45) is 0 Å². The van der Waals surface area contributed by atoms with Gasteiger partial charge in [0.1, 0.15) is 0 Å². The van der Waals surface area contributed by atoms with Gasteiger partial charge in [0.05, 0.1) is 0 Å². The number of hydrogen-bond acceptors (Lipinski definition) is 3. The summed E-state index contributed by atoms with van der Waals surface area (Å²) in [5.74, 6) is -1.39. The average Bonchev–Trinajstić information content (AvgIpc) is 3.03. The molecule has 1 unspecified atom stereocenters. The summed E-state index contributed by atoms with van der Waals surface area (Å²) in [6, 6.07) is 13.1. The van der Waals surface area contributed by atoms with Gasteiger partial charge >= 0.3 is 12.2 Å². The van der Waals surface area contributed by atoms with E-state index in [4.69, 9.17) is 5.11 Å². The second-order valence-corrected chi connectivity index (χ2v) is 6.07. The molecule has 27 heavy (non-hydrogen) atoms. The van der Waals surface area contributed by atoms with E-state index in [2.05, 4.69) is 10.6 Å². The lowest BCUT2D eigenvalue weighted by Crippen LogP contribution is -2.44. The number of alkyl halides is 3. The molecule has 0 fully saturated rings. The minimum atomic E-state index is -5.01. The Bertz CT molecular complexity index is 856. The van der Waals surface area contributed by atoms with Gasteiger partial charge in [0.2, 0.25) is 6.10 Å². The molecule has 6 nitrogen and oxygen atoms in total. The second kappa shape index (κ2) is 7.28. The molecule has 0 spiro atoms. The van der Waals surface area contributed by atoms with E-state index < -0.39 is 24.2 Å². The lowest BCUT2D eigenvalue weighted by molar-refractivity contribution is -0.211. The lowest BCUT2D eigenvalue weighted by atomic mass is 10.1. The van der Waals surface area contributed by atoms with Crippen LogP contribution in [0, 0.1) is 0 Å². The average molecular weight is 379 g/mol. The summed E-state index contributed by atoms with van der Waals surface area (Å²) in [6.45, 7) is -0.102. The number of carbonyl (C=O) groups excluding carboxylic acids is 2. The van der Waals surface area contributed by atoms with Crippen LogP contribution >= 0.6 is 0 Å². The summed E-state index contributed by atoms with van der Waals surface area (Å²) in [7, 11) is 0. The molecular formula is C18H16F3N3O3. The third-order valence-corrected chi connectivity index (χ3v) is 4.07. The number of fused-ring (bicyclic) bond motifs is 1. The van der Waals surface area contributed by atoms with Gasteiger partial charge in [0.25, 0.3) is 5.91 Å². The number of nitrogens with one attached hydrogen (secondary N) is 2. The van der Waals surface area contributed by atoms with E-state index in [-0.39, 0.29) is 13.1 Å². The van der Waals surface area contributed by atoms with E-state index in [0.29, 0.717) is 22.5 Å². The van der Waals surface area contributed by atoms with Gasteiger partial charge < -0.3 is 20.6 Å². The zero-order valence-corrected chi connectivity index (χ0v) is 14.0. The summed E-state index contributed by atoms with van der Waals surface area (Å²) >= 11 is 0. The molecule has 0 aliphatic carbocycles. The van der Waals surface area contributed by atoms with E-state index in [9.17, 15) is 22.8 Å². The topological polar surface area (TPSA) is 81.7 Å². The maximum absolute atomic E-state index is 12.5. The molecule has 1 aliphatic rings. The van der Waals surface area contributed by atoms with Crippen molar-refractivity contribution in [1.82, 2.24) is 4.90 Å². The first-order chi connectivity index (χ1) is 12.7. The SMILES string of the molecule is O=C(Nc1ccccc1)Nc1ccc2c(c1)CN(C(=O)C(O)C(F)(F)F)C2. The third kappa shape index (κ3) is 4.37. The Labute approximate surface area is 152 Å². The van der Waals surface area contributed by atoms with Crippen LogP contribution in [0.5, 0.6) is 0 Å². The van der Waals surface area contributed by atoms with Crippen LogP contribution in [-0.2, 0) is 17.9 Å². The van der Waals surface area contributed by atoms with Crippen LogP contribution in [0.4, 0.5) is 29.3 Å². The predicted octanol–water partition coefficient (Wildman–Crippen LogP) is 3.10. The summed E-state index contributed by atoms with van der Waals surface area (Å²) in [6.07, 6.45) is -8.05. The van der Waals surface area contributed by atoms with E-state index >= 15 is 0 Å². The Balaban J connectivity index is 1.64. The van der Waals surface area contributed by atoms with E-state index in [1.54, 1.807) is 42.5 Å². The number of benzene rings is 2. The van der Waals surface area contributed by atoms with Crippen molar-refractivity contribution in [3.05, 3.63) is 59.7 Å². The lowest BCUT2D eigenvalue weighted by Gasteiger charge is -2.21. The third-order valence-electron chi connectivity index (χ3n) is 4.07. The van der Waals surface area contributed by atoms with E-state index in [1.807, 2.05) is 6.07 Å². The van der Waals surface area contributed by atoms with Crippen molar-refractivity contribution < 1.29 is 27.9 Å². The van der Waals surface area contributed by atoms with Crippen LogP contribution in [-0.4, -0.2) is 34.2 Å². The Kier molecular flexibility index (Phi) is 5.04. The number of hydrogen-bond donors (Lipinski definition) is 3. The number of halogens is 3. The molecule has 0 bridgehead atoms. The summed E-state index contributed by atoms with van der Waals surface area (Å²) in [5, 5.41) is 14.4. The number of urea groups is 1. The monoisotopic (exact) mass is 379 g/mol. The summed E-state index contributed by atoms with van der Waals surface area (Å²) < 4.78 is 37.5. The van der Waals surface area contributed by atoms with Gasteiger partial charge in [-0.05, 0) is 35.4 Å².